The van der Waals surface area contributed by atoms with E-state index in [0.29, 0.717) is 6.61 Å². The van der Waals surface area contributed by atoms with Crippen LogP contribution in [0.3, 0.4) is 0 Å². The molecule has 13 heavy (non-hydrogen) atoms. The SMILES string of the molecule is O=C(O)CC(O)C(=O)OCC1CO1. The van der Waals surface area contributed by atoms with Crippen molar-refractivity contribution >= 4 is 11.9 Å². The van der Waals surface area contributed by atoms with E-state index in [-0.39, 0.29) is 12.7 Å². The highest BCUT2D eigenvalue weighted by Gasteiger charge is 2.27. The molecule has 0 radical (unpaired) electrons. The molecule has 6 nitrogen and oxygen atoms in total. The van der Waals surface area contributed by atoms with Crippen LogP contribution in [0.15, 0.2) is 0 Å². The summed E-state index contributed by atoms with van der Waals surface area (Å²) in [5.74, 6) is -2.16. The molecule has 1 fully saturated rings. The van der Waals surface area contributed by atoms with Gasteiger partial charge in [0, 0.05) is 0 Å². The molecule has 6 heteroatoms. The minimum atomic E-state index is -1.59. The van der Waals surface area contributed by atoms with Crippen LogP contribution < -0.4 is 0 Å². The van der Waals surface area contributed by atoms with Crippen molar-refractivity contribution in [2.24, 2.45) is 0 Å². The van der Waals surface area contributed by atoms with Gasteiger partial charge < -0.3 is 19.7 Å². The monoisotopic (exact) mass is 190 g/mol. The van der Waals surface area contributed by atoms with Gasteiger partial charge in [-0.1, -0.05) is 0 Å². The molecule has 1 heterocycles. The van der Waals surface area contributed by atoms with Crippen LogP contribution in [0, 0.1) is 0 Å². The third-order valence-electron chi connectivity index (χ3n) is 1.45. The van der Waals surface area contributed by atoms with Crippen LogP contribution >= 0.6 is 0 Å². The third kappa shape index (κ3) is 3.86. The van der Waals surface area contributed by atoms with Crippen molar-refractivity contribution in [1.29, 1.82) is 0 Å². The number of hydrogen-bond donors (Lipinski definition) is 2. The Hall–Kier alpha value is -1.14. The highest BCUT2D eigenvalue weighted by molar-refractivity contribution is 5.80. The molecule has 2 N–H and O–H groups in total. The Morgan fingerprint density at radius 3 is 2.69 bits per heavy atom. The number of carboxylic acids is 1. The highest BCUT2D eigenvalue weighted by Crippen LogP contribution is 2.09. The Kier molecular flexibility index (Phi) is 3.21. The summed E-state index contributed by atoms with van der Waals surface area (Å²) in [5, 5.41) is 17.2. The summed E-state index contributed by atoms with van der Waals surface area (Å²) in [6.45, 7) is 0.623. The molecule has 1 aliphatic rings. The van der Waals surface area contributed by atoms with Gasteiger partial charge in [0.05, 0.1) is 13.0 Å². The van der Waals surface area contributed by atoms with Crippen molar-refractivity contribution in [3.8, 4) is 0 Å². The lowest BCUT2D eigenvalue weighted by molar-refractivity contribution is -0.158. The smallest absolute Gasteiger partial charge is 0.335 e. The van der Waals surface area contributed by atoms with E-state index in [1.807, 2.05) is 0 Å². The maximum Gasteiger partial charge on any atom is 0.335 e. The highest BCUT2D eigenvalue weighted by atomic mass is 16.6. The van der Waals surface area contributed by atoms with Crippen LogP contribution in [-0.2, 0) is 19.1 Å². The topological polar surface area (TPSA) is 96.4 Å². The van der Waals surface area contributed by atoms with E-state index in [1.165, 1.54) is 0 Å². The second-order valence-electron chi connectivity index (χ2n) is 2.70. The molecule has 0 aromatic heterocycles. The number of aliphatic hydroxyl groups is 1. The van der Waals surface area contributed by atoms with Crippen molar-refractivity contribution < 1.29 is 29.3 Å². The summed E-state index contributed by atoms with van der Waals surface area (Å²) in [7, 11) is 0. The molecule has 0 spiro atoms. The molecule has 0 aromatic rings. The van der Waals surface area contributed by atoms with Crippen LogP contribution in [0.5, 0.6) is 0 Å². The van der Waals surface area contributed by atoms with Gasteiger partial charge in [-0.2, -0.15) is 0 Å². The van der Waals surface area contributed by atoms with E-state index in [2.05, 4.69) is 4.74 Å². The number of rotatable bonds is 5. The number of carboxylic acid groups (broad SMARTS) is 1. The second kappa shape index (κ2) is 4.20. The third-order valence-corrected chi connectivity index (χ3v) is 1.45. The minimum Gasteiger partial charge on any atom is -0.481 e. The Balaban J connectivity index is 2.16. The number of ether oxygens (including phenoxy) is 2. The summed E-state index contributed by atoms with van der Waals surface area (Å²) >= 11 is 0. The Bertz CT molecular complexity index is 209. The lowest BCUT2D eigenvalue weighted by atomic mass is 10.2. The van der Waals surface area contributed by atoms with Gasteiger partial charge in [-0.25, -0.2) is 4.79 Å². The number of esters is 1. The maximum absolute atomic E-state index is 10.8. The van der Waals surface area contributed by atoms with Crippen LogP contribution in [0.2, 0.25) is 0 Å². The van der Waals surface area contributed by atoms with Gasteiger partial charge in [-0.05, 0) is 0 Å². The van der Waals surface area contributed by atoms with E-state index in [0.717, 1.165) is 0 Å². The fourth-order valence-electron chi connectivity index (χ4n) is 0.684. The summed E-state index contributed by atoms with van der Waals surface area (Å²) < 4.78 is 9.30. The van der Waals surface area contributed by atoms with Crippen LogP contribution in [0.4, 0.5) is 0 Å². The average Bonchev–Trinajstić information content (AvgIpc) is 2.81. The quantitative estimate of drug-likeness (QED) is 0.416. The minimum absolute atomic E-state index is 0.0789. The van der Waals surface area contributed by atoms with Gasteiger partial charge in [0.15, 0.2) is 6.10 Å². The predicted octanol–water partition coefficient (Wildman–Crippen LogP) is -1.24. The van der Waals surface area contributed by atoms with Crippen LogP contribution in [0.25, 0.3) is 0 Å². The zero-order chi connectivity index (χ0) is 9.84. The lowest BCUT2D eigenvalue weighted by Gasteiger charge is -2.06. The van der Waals surface area contributed by atoms with Crippen molar-refractivity contribution in [3.05, 3.63) is 0 Å². The van der Waals surface area contributed by atoms with Gasteiger partial charge in [-0.15, -0.1) is 0 Å². The molecule has 0 amide bonds. The molecular formula is C7H10O6. The van der Waals surface area contributed by atoms with Crippen molar-refractivity contribution in [2.45, 2.75) is 18.6 Å². The Morgan fingerprint density at radius 2 is 2.23 bits per heavy atom. The number of hydrogen-bond acceptors (Lipinski definition) is 5. The molecule has 0 aliphatic carbocycles. The molecule has 74 valence electrons. The van der Waals surface area contributed by atoms with Gasteiger partial charge in [0.2, 0.25) is 0 Å². The first-order valence-corrected chi connectivity index (χ1v) is 3.77. The van der Waals surface area contributed by atoms with E-state index < -0.39 is 24.5 Å². The molecule has 2 atom stereocenters. The molecule has 1 saturated heterocycles. The summed E-state index contributed by atoms with van der Waals surface area (Å²) in [5.41, 5.74) is 0. The Morgan fingerprint density at radius 1 is 1.62 bits per heavy atom. The standard InChI is InChI=1S/C7H10O6/c8-5(1-6(9)10)7(11)13-3-4-2-12-4/h4-5,8H,1-3H2,(H,9,10). The molecular weight excluding hydrogens is 180 g/mol. The first-order chi connectivity index (χ1) is 6.09. The Labute approximate surface area is 74.1 Å². The van der Waals surface area contributed by atoms with Gasteiger partial charge in [0.25, 0.3) is 0 Å². The van der Waals surface area contributed by atoms with Gasteiger partial charge >= 0.3 is 11.9 Å². The molecule has 0 saturated carbocycles. The van der Waals surface area contributed by atoms with Crippen molar-refractivity contribution in [2.75, 3.05) is 13.2 Å². The number of aliphatic carboxylic acids is 1. The number of aliphatic hydroxyl groups excluding tert-OH is 1. The fraction of sp³-hybridized carbons (Fsp3) is 0.714. The lowest BCUT2D eigenvalue weighted by Crippen LogP contribution is -2.27. The van der Waals surface area contributed by atoms with E-state index in [1.54, 1.807) is 0 Å². The van der Waals surface area contributed by atoms with Gasteiger partial charge in [-0.3, -0.25) is 4.79 Å². The van der Waals surface area contributed by atoms with Crippen molar-refractivity contribution in [1.82, 2.24) is 0 Å². The maximum atomic E-state index is 10.8. The first-order valence-electron chi connectivity index (χ1n) is 3.77. The summed E-state index contributed by atoms with van der Waals surface area (Å²) in [4.78, 5) is 20.9. The normalized spacial score (nSPS) is 22.1. The number of epoxide rings is 1. The average molecular weight is 190 g/mol. The van der Waals surface area contributed by atoms with Crippen molar-refractivity contribution in [3.63, 3.8) is 0 Å². The van der Waals surface area contributed by atoms with Gasteiger partial charge in [0.1, 0.15) is 12.7 Å². The van der Waals surface area contributed by atoms with Crippen LogP contribution in [-0.4, -0.2) is 47.6 Å². The number of carbonyl (C=O) groups excluding carboxylic acids is 1. The zero-order valence-corrected chi connectivity index (χ0v) is 6.80. The summed E-state index contributed by atoms with van der Waals surface area (Å²) in [6, 6.07) is 0. The van der Waals surface area contributed by atoms with Crippen LogP contribution in [0.1, 0.15) is 6.42 Å². The van der Waals surface area contributed by atoms with E-state index >= 15 is 0 Å². The number of carbonyl (C=O) groups is 2. The fourth-order valence-corrected chi connectivity index (χ4v) is 0.684. The molecule has 1 rings (SSSR count). The second-order valence-corrected chi connectivity index (χ2v) is 2.70. The van der Waals surface area contributed by atoms with E-state index in [4.69, 9.17) is 14.9 Å². The largest absolute Gasteiger partial charge is 0.481 e. The van der Waals surface area contributed by atoms with E-state index in [9.17, 15) is 9.59 Å². The molecule has 2 unspecified atom stereocenters. The summed E-state index contributed by atoms with van der Waals surface area (Å²) in [6.07, 6.45) is -2.30. The first kappa shape index (κ1) is 9.94. The zero-order valence-electron chi connectivity index (χ0n) is 6.80. The molecule has 1 aliphatic heterocycles. The molecule has 0 bridgehead atoms. The predicted molar refractivity (Wildman–Crippen MR) is 39.0 cm³/mol. The molecule has 0 aromatic carbocycles.